The van der Waals surface area contributed by atoms with Crippen LogP contribution in [0.5, 0.6) is 11.5 Å². The van der Waals surface area contributed by atoms with Crippen molar-refractivity contribution in [1.82, 2.24) is 30.0 Å². The Morgan fingerprint density at radius 1 is 1.11 bits per heavy atom. The number of nitrogens with two attached hydrogens (primary N) is 1. The standard InChI is InChI=1S/C33H44N8O4/c1-5-6-16-35-31-29-26(37-33(34)38-31)20-40(39-29)19-25-27(44-3)13-12-23(30(25)45-4)15-17-36-32(43)24-10-8-22(9-11-24)18-41-21(2)7-14-28(41)42/h7,12-14,20,22,24H,2,5-6,8-11,15-19H2,1,3-4H3,(H,36,43)(H3,34,35,37,38). The van der Waals surface area contributed by atoms with Gasteiger partial charge in [0.05, 0.1) is 32.5 Å². The van der Waals surface area contributed by atoms with Crippen LogP contribution in [-0.4, -0.2) is 70.3 Å². The van der Waals surface area contributed by atoms with E-state index >= 15 is 0 Å². The lowest BCUT2D eigenvalue weighted by atomic mass is 9.81. The Kier molecular flexibility index (Phi) is 10.2. The predicted molar refractivity (Wildman–Crippen MR) is 174 cm³/mol. The largest absolute Gasteiger partial charge is 0.496 e. The highest BCUT2D eigenvalue weighted by Gasteiger charge is 2.29. The molecule has 3 aromatic rings. The number of carbonyl (C=O) groups excluding carboxylic acids is 2. The Morgan fingerprint density at radius 2 is 1.91 bits per heavy atom. The van der Waals surface area contributed by atoms with Crippen LogP contribution in [0, 0.1) is 11.8 Å². The summed E-state index contributed by atoms with van der Waals surface area (Å²) in [7, 11) is 3.27. The molecule has 0 spiro atoms. The molecular weight excluding hydrogens is 572 g/mol. The number of nitrogens with zero attached hydrogens (tertiary/aromatic N) is 5. The molecule has 12 heteroatoms. The van der Waals surface area contributed by atoms with Gasteiger partial charge in [-0.3, -0.25) is 14.3 Å². The summed E-state index contributed by atoms with van der Waals surface area (Å²) in [5, 5.41) is 11.2. The lowest BCUT2D eigenvalue weighted by Gasteiger charge is -2.31. The molecule has 1 aromatic carbocycles. The number of fused-ring (bicyclic) bond motifs is 1. The molecule has 0 atom stereocenters. The number of hydrogen-bond acceptors (Lipinski definition) is 9. The minimum absolute atomic E-state index is 0.00114. The molecular formula is C33H44N8O4. The van der Waals surface area contributed by atoms with E-state index in [0.29, 0.717) is 60.3 Å². The van der Waals surface area contributed by atoms with E-state index in [1.54, 1.807) is 36.0 Å². The van der Waals surface area contributed by atoms with E-state index < -0.39 is 0 Å². The lowest BCUT2D eigenvalue weighted by Crippen LogP contribution is -2.37. The number of methoxy groups -OCH3 is 2. The van der Waals surface area contributed by atoms with Crippen LogP contribution < -0.4 is 25.8 Å². The van der Waals surface area contributed by atoms with Gasteiger partial charge in [0.15, 0.2) is 11.3 Å². The third-order valence-corrected chi connectivity index (χ3v) is 8.68. The minimum atomic E-state index is -0.0161. The molecule has 45 heavy (non-hydrogen) atoms. The van der Waals surface area contributed by atoms with E-state index in [1.165, 1.54) is 0 Å². The molecule has 2 aliphatic rings. The normalized spacial score (nSPS) is 18.1. The smallest absolute Gasteiger partial charge is 0.251 e. The second-order valence-corrected chi connectivity index (χ2v) is 11.7. The van der Waals surface area contributed by atoms with Gasteiger partial charge in [-0.2, -0.15) is 10.1 Å². The van der Waals surface area contributed by atoms with Gasteiger partial charge in [0, 0.05) is 37.3 Å². The minimum Gasteiger partial charge on any atom is -0.496 e. The van der Waals surface area contributed by atoms with E-state index in [1.807, 2.05) is 18.3 Å². The van der Waals surface area contributed by atoms with E-state index in [9.17, 15) is 9.59 Å². The number of carbonyl (C=O) groups is 2. The number of aromatic nitrogens is 4. The summed E-state index contributed by atoms with van der Waals surface area (Å²) < 4.78 is 13.4. The van der Waals surface area contributed by atoms with Crippen molar-refractivity contribution in [1.29, 1.82) is 0 Å². The van der Waals surface area contributed by atoms with Crippen LogP contribution in [0.4, 0.5) is 11.8 Å². The average molecular weight is 617 g/mol. The third kappa shape index (κ3) is 7.38. The molecule has 240 valence electrons. The summed E-state index contributed by atoms with van der Waals surface area (Å²) in [5.41, 5.74) is 9.83. The van der Waals surface area contributed by atoms with E-state index in [-0.39, 0.29) is 23.7 Å². The highest BCUT2D eigenvalue weighted by molar-refractivity contribution is 5.93. The fraction of sp³-hybridized carbons (Fsp3) is 0.485. The monoisotopic (exact) mass is 616 g/mol. The van der Waals surface area contributed by atoms with Crippen LogP contribution in [0.25, 0.3) is 11.0 Å². The Balaban J connectivity index is 1.21. The summed E-state index contributed by atoms with van der Waals surface area (Å²) in [6, 6.07) is 3.90. The van der Waals surface area contributed by atoms with Gasteiger partial charge < -0.3 is 30.7 Å². The number of nitrogen functional groups attached to an aromatic ring is 1. The van der Waals surface area contributed by atoms with Crippen molar-refractivity contribution < 1.29 is 19.1 Å². The first-order chi connectivity index (χ1) is 21.8. The van der Waals surface area contributed by atoms with Crippen molar-refractivity contribution in [3.8, 4) is 11.5 Å². The number of allylic oxidation sites excluding steroid dienone is 1. The fourth-order valence-corrected chi connectivity index (χ4v) is 6.20. The van der Waals surface area contributed by atoms with E-state index in [2.05, 4.69) is 34.1 Å². The Bertz CT molecular complexity index is 1560. The summed E-state index contributed by atoms with van der Waals surface area (Å²) >= 11 is 0. The van der Waals surface area contributed by atoms with Gasteiger partial charge in [-0.15, -0.1) is 0 Å². The Morgan fingerprint density at radius 3 is 2.60 bits per heavy atom. The zero-order valence-corrected chi connectivity index (χ0v) is 26.5. The van der Waals surface area contributed by atoms with Crippen molar-refractivity contribution in [2.75, 3.05) is 44.9 Å². The van der Waals surface area contributed by atoms with Gasteiger partial charge in [-0.25, -0.2) is 4.98 Å². The van der Waals surface area contributed by atoms with Crippen LogP contribution in [0.2, 0.25) is 0 Å². The van der Waals surface area contributed by atoms with Gasteiger partial charge in [0.2, 0.25) is 11.9 Å². The first-order valence-electron chi connectivity index (χ1n) is 15.7. The first kappa shape index (κ1) is 31.8. The molecule has 0 unspecified atom stereocenters. The van der Waals surface area contributed by atoms with Gasteiger partial charge in [0.1, 0.15) is 17.0 Å². The number of anilines is 2. The number of hydrogen-bond donors (Lipinski definition) is 3. The maximum absolute atomic E-state index is 13.0. The summed E-state index contributed by atoms with van der Waals surface area (Å²) in [4.78, 5) is 35.6. The number of ether oxygens (including phenoxy) is 2. The molecule has 1 aliphatic carbocycles. The molecule has 0 radical (unpaired) electrons. The first-order valence-corrected chi connectivity index (χ1v) is 15.7. The SMILES string of the molecule is C=C1C=CC(=O)N1CC1CCC(C(=O)NCCc2ccc(OC)c(Cn3cc4nc(N)nc(NCCCC)c4n3)c2OC)CC1. The molecule has 5 rings (SSSR count). The molecule has 1 aliphatic heterocycles. The van der Waals surface area contributed by atoms with E-state index in [0.717, 1.165) is 61.9 Å². The van der Waals surface area contributed by atoms with Gasteiger partial charge >= 0.3 is 0 Å². The molecule has 4 N–H and O–H groups in total. The van der Waals surface area contributed by atoms with Gasteiger partial charge in [-0.05, 0) is 62.1 Å². The lowest BCUT2D eigenvalue weighted by molar-refractivity contribution is -0.127. The zero-order chi connectivity index (χ0) is 31.9. The fourth-order valence-electron chi connectivity index (χ4n) is 6.20. The Labute approximate surface area is 264 Å². The molecule has 0 saturated heterocycles. The second kappa shape index (κ2) is 14.4. The van der Waals surface area contributed by atoms with Crippen molar-refractivity contribution >= 4 is 34.6 Å². The molecule has 0 bridgehead atoms. The quantitative estimate of drug-likeness (QED) is 0.228. The van der Waals surface area contributed by atoms with Crippen molar-refractivity contribution in [2.24, 2.45) is 11.8 Å². The van der Waals surface area contributed by atoms with Crippen molar-refractivity contribution in [3.63, 3.8) is 0 Å². The second-order valence-electron chi connectivity index (χ2n) is 11.7. The number of nitrogens with one attached hydrogen (secondary N) is 2. The number of rotatable bonds is 14. The van der Waals surface area contributed by atoms with Crippen LogP contribution in [0.1, 0.15) is 56.6 Å². The number of amides is 2. The van der Waals surface area contributed by atoms with Crippen LogP contribution >= 0.6 is 0 Å². The van der Waals surface area contributed by atoms with Gasteiger partial charge in [0.25, 0.3) is 5.91 Å². The van der Waals surface area contributed by atoms with Crippen LogP contribution in [0.3, 0.4) is 0 Å². The van der Waals surface area contributed by atoms with Crippen molar-refractivity contribution in [3.05, 3.63) is 53.9 Å². The topological polar surface area (TPSA) is 150 Å². The summed E-state index contributed by atoms with van der Waals surface area (Å²) in [5.74, 6) is 2.63. The molecule has 2 amide bonds. The number of unbranched alkanes of at least 4 members (excludes halogenated alkanes) is 1. The maximum atomic E-state index is 13.0. The van der Waals surface area contributed by atoms with E-state index in [4.69, 9.17) is 20.3 Å². The van der Waals surface area contributed by atoms with Gasteiger partial charge in [-0.1, -0.05) is 26.0 Å². The Hall–Kier alpha value is -4.61. The predicted octanol–water partition coefficient (Wildman–Crippen LogP) is 4.06. The number of benzene rings is 1. The highest BCUT2D eigenvalue weighted by atomic mass is 16.5. The third-order valence-electron chi connectivity index (χ3n) is 8.68. The molecule has 2 aromatic heterocycles. The summed E-state index contributed by atoms with van der Waals surface area (Å²) in [6.07, 6.45) is 11.3. The highest BCUT2D eigenvalue weighted by Crippen LogP contribution is 2.34. The average Bonchev–Trinajstić information content (AvgIpc) is 3.59. The van der Waals surface area contributed by atoms with Crippen molar-refractivity contribution in [2.45, 2.75) is 58.4 Å². The summed E-state index contributed by atoms with van der Waals surface area (Å²) in [6.45, 7) is 8.39. The molecule has 12 nitrogen and oxygen atoms in total. The van der Waals surface area contributed by atoms with Crippen LogP contribution in [0.15, 0.2) is 42.8 Å². The van der Waals surface area contributed by atoms with Crippen LogP contribution in [-0.2, 0) is 22.6 Å². The maximum Gasteiger partial charge on any atom is 0.251 e. The molecule has 1 saturated carbocycles. The molecule has 3 heterocycles. The zero-order valence-electron chi connectivity index (χ0n) is 26.5. The molecule has 1 fully saturated rings.